The lowest BCUT2D eigenvalue weighted by atomic mass is 9.91. The van der Waals surface area contributed by atoms with Gasteiger partial charge in [-0.2, -0.15) is 0 Å². The number of amides is 2. The number of hydrogen-bond acceptors (Lipinski definition) is 7. The molecule has 0 atom stereocenters. The third-order valence-corrected chi connectivity index (χ3v) is 4.60. The number of carbonyl (C=O) groups is 4. The number of esters is 1. The molecule has 0 N–H and O–H groups in total. The van der Waals surface area contributed by atoms with Gasteiger partial charge in [-0.15, -0.1) is 0 Å². The standard InChI is InChI=1S/C21H18N2O7/c1-21(2,3)16(24)11-30-20(27)12-6-4-7-13(10-12)22-18(25)14-8-5-9-15(23(28)29)17(14)19(22)26/h4-10H,11H2,1-3H3. The molecule has 1 aliphatic rings. The first-order valence-corrected chi connectivity index (χ1v) is 8.99. The molecule has 3 rings (SSSR count). The Morgan fingerprint density at radius 1 is 1.07 bits per heavy atom. The van der Waals surface area contributed by atoms with E-state index >= 15 is 0 Å². The van der Waals surface area contributed by atoms with Gasteiger partial charge in [0, 0.05) is 11.5 Å². The van der Waals surface area contributed by atoms with Gasteiger partial charge in [0.2, 0.25) is 0 Å². The Kier molecular flexibility index (Phi) is 5.22. The van der Waals surface area contributed by atoms with Crippen LogP contribution in [-0.4, -0.2) is 35.1 Å². The number of benzene rings is 2. The molecule has 0 spiro atoms. The normalized spacial score (nSPS) is 13.2. The molecule has 154 valence electrons. The molecule has 0 bridgehead atoms. The highest BCUT2D eigenvalue weighted by atomic mass is 16.6. The van der Waals surface area contributed by atoms with Crippen molar-refractivity contribution in [3.63, 3.8) is 0 Å². The quantitative estimate of drug-likeness (QED) is 0.321. The number of anilines is 1. The molecule has 0 saturated heterocycles. The Bertz CT molecular complexity index is 1100. The zero-order valence-corrected chi connectivity index (χ0v) is 16.5. The molecule has 0 unspecified atom stereocenters. The molecule has 30 heavy (non-hydrogen) atoms. The number of nitro benzene ring substituents is 1. The molecular weight excluding hydrogens is 392 g/mol. The molecule has 9 heteroatoms. The van der Waals surface area contributed by atoms with Crippen LogP contribution in [0.25, 0.3) is 0 Å². The maximum atomic E-state index is 12.8. The number of ether oxygens (including phenoxy) is 1. The number of hydrogen-bond donors (Lipinski definition) is 0. The van der Waals surface area contributed by atoms with Crippen LogP contribution in [0.3, 0.4) is 0 Å². The minimum absolute atomic E-state index is 0.0280. The van der Waals surface area contributed by atoms with Crippen molar-refractivity contribution >= 4 is 34.9 Å². The van der Waals surface area contributed by atoms with E-state index < -0.39 is 40.4 Å². The summed E-state index contributed by atoms with van der Waals surface area (Å²) >= 11 is 0. The average Bonchev–Trinajstić information content (AvgIpc) is 2.95. The summed E-state index contributed by atoms with van der Waals surface area (Å²) in [6.07, 6.45) is 0. The Morgan fingerprint density at radius 2 is 1.73 bits per heavy atom. The number of rotatable bonds is 5. The summed E-state index contributed by atoms with van der Waals surface area (Å²) in [5.74, 6) is -2.64. The van der Waals surface area contributed by atoms with E-state index in [-0.39, 0.29) is 28.2 Å². The first-order valence-electron chi connectivity index (χ1n) is 8.99. The summed E-state index contributed by atoms with van der Waals surface area (Å²) in [7, 11) is 0. The van der Waals surface area contributed by atoms with Gasteiger partial charge in [0.15, 0.2) is 12.4 Å². The van der Waals surface area contributed by atoms with Crippen molar-refractivity contribution in [3.05, 3.63) is 69.3 Å². The molecule has 0 saturated carbocycles. The van der Waals surface area contributed by atoms with Crippen molar-refractivity contribution < 1.29 is 28.8 Å². The smallest absolute Gasteiger partial charge is 0.338 e. The molecule has 2 aromatic carbocycles. The Morgan fingerprint density at radius 3 is 2.37 bits per heavy atom. The minimum Gasteiger partial charge on any atom is -0.454 e. The van der Waals surface area contributed by atoms with Crippen LogP contribution < -0.4 is 4.90 Å². The van der Waals surface area contributed by atoms with Crippen LogP contribution in [0.2, 0.25) is 0 Å². The van der Waals surface area contributed by atoms with Gasteiger partial charge in [-0.25, -0.2) is 9.69 Å². The van der Waals surface area contributed by atoms with Gasteiger partial charge in [0.05, 0.1) is 21.7 Å². The third-order valence-electron chi connectivity index (χ3n) is 4.60. The van der Waals surface area contributed by atoms with Crippen molar-refractivity contribution in [2.75, 3.05) is 11.5 Å². The van der Waals surface area contributed by atoms with Crippen LogP contribution in [-0.2, 0) is 9.53 Å². The van der Waals surface area contributed by atoms with Gasteiger partial charge in [-0.3, -0.25) is 24.5 Å². The van der Waals surface area contributed by atoms with Crippen LogP contribution in [0, 0.1) is 15.5 Å². The highest BCUT2D eigenvalue weighted by Crippen LogP contribution is 2.34. The van der Waals surface area contributed by atoms with Crippen molar-refractivity contribution in [1.82, 2.24) is 0 Å². The lowest BCUT2D eigenvalue weighted by Gasteiger charge is -2.17. The highest BCUT2D eigenvalue weighted by Gasteiger charge is 2.42. The highest BCUT2D eigenvalue weighted by molar-refractivity contribution is 6.35. The lowest BCUT2D eigenvalue weighted by Crippen LogP contribution is -2.30. The van der Waals surface area contributed by atoms with Crippen molar-refractivity contribution in [1.29, 1.82) is 0 Å². The largest absolute Gasteiger partial charge is 0.454 e. The second kappa shape index (κ2) is 7.51. The number of nitro groups is 1. The third kappa shape index (κ3) is 3.69. The number of nitrogens with zero attached hydrogens (tertiary/aromatic N) is 2. The molecule has 0 radical (unpaired) electrons. The van der Waals surface area contributed by atoms with Gasteiger partial charge in [-0.05, 0) is 24.3 Å². The van der Waals surface area contributed by atoms with E-state index in [0.29, 0.717) is 0 Å². The molecule has 1 heterocycles. The van der Waals surface area contributed by atoms with Gasteiger partial charge < -0.3 is 4.74 Å². The predicted molar refractivity (Wildman–Crippen MR) is 105 cm³/mol. The zero-order valence-electron chi connectivity index (χ0n) is 16.5. The van der Waals surface area contributed by atoms with E-state index in [1.54, 1.807) is 20.8 Å². The molecule has 0 fully saturated rings. The summed E-state index contributed by atoms with van der Waals surface area (Å²) in [5.41, 5.74) is -1.43. The van der Waals surface area contributed by atoms with Crippen LogP contribution >= 0.6 is 0 Å². The van der Waals surface area contributed by atoms with Crippen LogP contribution in [0.5, 0.6) is 0 Å². The van der Waals surface area contributed by atoms with E-state index in [0.717, 1.165) is 11.0 Å². The zero-order chi connectivity index (χ0) is 22.2. The molecule has 2 aromatic rings. The van der Waals surface area contributed by atoms with Gasteiger partial charge in [0.1, 0.15) is 5.56 Å². The molecule has 0 aliphatic carbocycles. The van der Waals surface area contributed by atoms with E-state index in [9.17, 15) is 29.3 Å². The molecule has 2 amide bonds. The first-order chi connectivity index (χ1) is 14.0. The van der Waals surface area contributed by atoms with E-state index in [2.05, 4.69) is 0 Å². The summed E-state index contributed by atoms with van der Waals surface area (Å²) in [6.45, 7) is 4.69. The topological polar surface area (TPSA) is 124 Å². The maximum absolute atomic E-state index is 12.8. The van der Waals surface area contributed by atoms with E-state index in [4.69, 9.17) is 4.74 Å². The number of imide groups is 1. The molecule has 1 aliphatic heterocycles. The van der Waals surface area contributed by atoms with Crippen LogP contribution in [0.4, 0.5) is 11.4 Å². The van der Waals surface area contributed by atoms with Gasteiger partial charge >= 0.3 is 5.97 Å². The Labute approximate surface area is 171 Å². The van der Waals surface area contributed by atoms with Crippen molar-refractivity contribution in [3.8, 4) is 0 Å². The summed E-state index contributed by atoms with van der Waals surface area (Å²) in [5, 5.41) is 11.2. The number of ketones is 1. The fraction of sp³-hybridized carbons (Fsp3) is 0.238. The van der Waals surface area contributed by atoms with E-state index in [1.807, 2.05) is 0 Å². The van der Waals surface area contributed by atoms with Gasteiger partial charge in [0.25, 0.3) is 17.5 Å². The van der Waals surface area contributed by atoms with Crippen LogP contribution in [0.1, 0.15) is 51.8 Å². The van der Waals surface area contributed by atoms with Crippen molar-refractivity contribution in [2.24, 2.45) is 5.41 Å². The molecule has 9 nitrogen and oxygen atoms in total. The van der Waals surface area contributed by atoms with Gasteiger partial charge in [-0.1, -0.05) is 32.9 Å². The number of Topliss-reactive ketones (excluding diaryl/α,β-unsaturated/α-hetero) is 1. The predicted octanol–water partition coefficient (Wildman–Crippen LogP) is 3.17. The maximum Gasteiger partial charge on any atom is 0.338 e. The molecule has 0 aromatic heterocycles. The first kappa shape index (κ1) is 20.8. The second-order valence-corrected chi connectivity index (χ2v) is 7.70. The number of carbonyl (C=O) groups excluding carboxylic acids is 4. The lowest BCUT2D eigenvalue weighted by molar-refractivity contribution is -0.385. The summed E-state index contributed by atoms with van der Waals surface area (Å²) < 4.78 is 5.03. The van der Waals surface area contributed by atoms with Crippen LogP contribution in [0.15, 0.2) is 42.5 Å². The minimum atomic E-state index is -0.851. The summed E-state index contributed by atoms with van der Waals surface area (Å²) in [4.78, 5) is 61.0. The van der Waals surface area contributed by atoms with Crippen molar-refractivity contribution in [2.45, 2.75) is 20.8 Å². The number of fused-ring (bicyclic) bond motifs is 1. The second-order valence-electron chi connectivity index (χ2n) is 7.70. The average molecular weight is 410 g/mol. The fourth-order valence-corrected chi connectivity index (χ4v) is 2.86. The van der Waals surface area contributed by atoms with E-state index in [1.165, 1.54) is 36.4 Å². The molecular formula is C21H18N2O7. The Hall–Kier alpha value is -3.88. The Balaban J connectivity index is 1.88. The summed E-state index contributed by atoms with van der Waals surface area (Å²) in [6, 6.07) is 9.34. The fourth-order valence-electron chi connectivity index (χ4n) is 2.86. The SMILES string of the molecule is CC(C)(C)C(=O)COC(=O)c1cccc(N2C(=O)c3cccc([N+](=O)[O-])c3C2=O)c1. The monoisotopic (exact) mass is 410 g/mol.